The van der Waals surface area contributed by atoms with Gasteiger partial charge >= 0.3 is 6.03 Å². The van der Waals surface area contributed by atoms with Crippen molar-refractivity contribution in [1.82, 2.24) is 29.9 Å². The SMILES string of the molecule is C[C@@H]1CN(C)[C@@H](C)CN1C(=O)N1Cc2c(NC(=O)c3ccccn3)n[nH]c2C1(C)C. The maximum atomic E-state index is 13.5. The first-order chi connectivity index (χ1) is 14.2. The minimum atomic E-state index is -0.556. The van der Waals surface area contributed by atoms with Crippen LogP contribution in [0.4, 0.5) is 10.6 Å². The Bertz CT molecular complexity index is 956. The second-order valence-electron chi connectivity index (χ2n) is 8.81. The summed E-state index contributed by atoms with van der Waals surface area (Å²) in [6.45, 7) is 10.2. The van der Waals surface area contributed by atoms with E-state index in [2.05, 4.69) is 46.3 Å². The molecule has 160 valence electrons. The van der Waals surface area contributed by atoms with Crippen molar-refractivity contribution in [3.8, 4) is 0 Å². The molecule has 30 heavy (non-hydrogen) atoms. The van der Waals surface area contributed by atoms with E-state index in [-0.39, 0.29) is 18.0 Å². The van der Waals surface area contributed by atoms with Crippen LogP contribution in [0.25, 0.3) is 0 Å². The molecule has 2 aromatic heterocycles. The van der Waals surface area contributed by atoms with Crippen LogP contribution in [0, 0.1) is 0 Å². The third-order valence-electron chi connectivity index (χ3n) is 6.37. The third-order valence-corrected chi connectivity index (χ3v) is 6.37. The first kappa shape index (κ1) is 20.3. The fraction of sp³-hybridized carbons (Fsp3) is 0.524. The molecule has 2 aliphatic heterocycles. The Balaban J connectivity index is 1.55. The van der Waals surface area contributed by atoms with E-state index < -0.39 is 5.54 Å². The number of anilines is 1. The molecule has 1 saturated heterocycles. The highest BCUT2D eigenvalue weighted by Crippen LogP contribution is 2.41. The van der Waals surface area contributed by atoms with Crippen molar-refractivity contribution in [3.05, 3.63) is 41.3 Å². The summed E-state index contributed by atoms with van der Waals surface area (Å²) < 4.78 is 0. The zero-order valence-corrected chi connectivity index (χ0v) is 18.1. The molecule has 9 nitrogen and oxygen atoms in total. The summed E-state index contributed by atoms with van der Waals surface area (Å²) in [6, 6.07) is 5.63. The van der Waals surface area contributed by atoms with Gasteiger partial charge in [0.25, 0.3) is 5.91 Å². The van der Waals surface area contributed by atoms with Gasteiger partial charge in [-0.1, -0.05) is 6.07 Å². The smallest absolute Gasteiger partial charge is 0.319 e. The molecule has 0 aromatic carbocycles. The second kappa shape index (κ2) is 7.39. The number of likely N-dealkylation sites (N-methyl/N-ethyl adjacent to an activating group) is 1. The molecule has 0 radical (unpaired) electrons. The number of nitrogens with one attached hydrogen (secondary N) is 2. The molecule has 2 atom stereocenters. The number of carbonyl (C=O) groups is 2. The highest BCUT2D eigenvalue weighted by Gasteiger charge is 2.46. The lowest BCUT2D eigenvalue weighted by molar-refractivity contribution is 0.0457. The van der Waals surface area contributed by atoms with Crippen molar-refractivity contribution in [2.24, 2.45) is 0 Å². The molecule has 2 aromatic rings. The number of aromatic nitrogens is 3. The second-order valence-corrected chi connectivity index (χ2v) is 8.81. The van der Waals surface area contributed by atoms with Crippen molar-refractivity contribution < 1.29 is 9.59 Å². The minimum Gasteiger partial charge on any atom is -0.319 e. The fourth-order valence-electron chi connectivity index (χ4n) is 4.32. The quantitative estimate of drug-likeness (QED) is 0.790. The third kappa shape index (κ3) is 3.32. The van der Waals surface area contributed by atoms with Gasteiger partial charge in [0.15, 0.2) is 5.82 Å². The summed E-state index contributed by atoms with van der Waals surface area (Å²) in [5.74, 6) is 0.123. The fourth-order valence-corrected chi connectivity index (χ4v) is 4.32. The number of H-pyrrole nitrogens is 1. The van der Waals surface area contributed by atoms with Gasteiger partial charge < -0.3 is 15.1 Å². The van der Waals surface area contributed by atoms with Gasteiger partial charge in [-0.3, -0.25) is 19.8 Å². The minimum absolute atomic E-state index is 0.0130. The monoisotopic (exact) mass is 411 g/mol. The van der Waals surface area contributed by atoms with E-state index >= 15 is 0 Å². The van der Waals surface area contributed by atoms with Crippen molar-refractivity contribution in [2.75, 3.05) is 25.5 Å². The van der Waals surface area contributed by atoms with Crippen LogP contribution in [0.3, 0.4) is 0 Å². The molecule has 0 spiro atoms. The largest absolute Gasteiger partial charge is 0.321 e. The van der Waals surface area contributed by atoms with Crippen LogP contribution in [-0.2, 0) is 12.1 Å². The lowest BCUT2D eigenvalue weighted by Crippen LogP contribution is -2.60. The van der Waals surface area contributed by atoms with Crippen molar-refractivity contribution in [3.63, 3.8) is 0 Å². The molecule has 0 unspecified atom stereocenters. The van der Waals surface area contributed by atoms with E-state index in [9.17, 15) is 9.59 Å². The molecule has 3 amide bonds. The maximum absolute atomic E-state index is 13.5. The summed E-state index contributed by atoms with van der Waals surface area (Å²) in [6.07, 6.45) is 1.58. The molecule has 4 rings (SSSR count). The Kier molecular flexibility index (Phi) is 5.01. The van der Waals surface area contributed by atoms with E-state index in [0.717, 1.165) is 17.8 Å². The molecule has 0 aliphatic carbocycles. The number of piperazine rings is 1. The topological polar surface area (TPSA) is 97.5 Å². The van der Waals surface area contributed by atoms with Crippen LogP contribution in [-0.4, -0.2) is 74.0 Å². The highest BCUT2D eigenvalue weighted by atomic mass is 16.2. The zero-order valence-electron chi connectivity index (χ0n) is 18.1. The standard InChI is InChI=1S/C21H29N7O2/c1-13-11-27(14(2)10-26(13)5)20(30)28-12-15-17(21(28,3)4)24-25-18(15)23-19(29)16-8-6-7-9-22-16/h6-9,13-14H,10-12H2,1-5H3,(H2,23,24,25,29)/t13-,14+/m0/s1. The molecular formula is C21H29N7O2. The van der Waals surface area contributed by atoms with Crippen LogP contribution >= 0.6 is 0 Å². The van der Waals surface area contributed by atoms with Gasteiger partial charge in [0.05, 0.1) is 17.8 Å². The number of hydrogen-bond acceptors (Lipinski definition) is 5. The number of amides is 3. The average molecular weight is 412 g/mol. The van der Waals surface area contributed by atoms with Crippen LogP contribution in [0.2, 0.25) is 0 Å². The number of nitrogens with zero attached hydrogens (tertiary/aromatic N) is 5. The van der Waals surface area contributed by atoms with E-state index in [1.165, 1.54) is 0 Å². The van der Waals surface area contributed by atoms with Gasteiger partial charge in [-0.25, -0.2) is 4.79 Å². The first-order valence-electron chi connectivity index (χ1n) is 10.3. The maximum Gasteiger partial charge on any atom is 0.321 e. The molecule has 0 saturated carbocycles. The van der Waals surface area contributed by atoms with E-state index in [4.69, 9.17) is 0 Å². The Morgan fingerprint density at radius 1 is 1.20 bits per heavy atom. The van der Waals surface area contributed by atoms with Gasteiger partial charge in [-0.15, -0.1) is 0 Å². The van der Waals surface area contributed by atoms with Gasteiger partial charge in [0, 0.05) is 36.9 Å². The van der Waals surface area contributed by atoms with Crippen LogP contribution < -0.4 is 5.32 Å². The van der Waals surface area contributed by atoms with Crippen LogP contribution in [0.1, 0.15) is 49.4 Å². The molecule has 1 fully saturated rings. The predicted octanol–water partition coefficient (Wildman–Crippen LogP) is 2.25. The van der Waals surface area contributed by atoms with E-state index in [1.807, 2.05) is 23.6 Å². The van der Waals surface area contributed by atoms with Gasteiger partial charge in [0.1, 0.15) is 5.69 Å². The van der Waals surface area contributed by atoms with Gasteiger partial charge in [-0.05, 0) is 46.9 Å². The summed E-state index contributed by atoms with van der Waals surface area (Å²) in [7, 11) is 2.09. The lowest BCUT2D eigenvalue weighted by atomic mass is 10.0. The molecule has 9 heteroatoms. The van der Waals surface area contributed by atoms with Crippen molar-refractivity contribution in [2.45, 2.75) is 51.9 Å². The first-order valence-corrected chi connectivity index (χ1v) is 10.3. The predicted molar refractivity (Wildman–Crippen MR) is 113 cm³/mol. The number of rotatable bonds is 2. The van der Waals surface area contributed by atoms with Crippen molar-refractivity contribution in [1.29, 1.82) is 0 Å². The Morgan fingerprint density at radius 3 is 2.67 bits per heavy atom. The summed E-state index contributed by atoms with van der Waals surface area (Å²) in [5, 5.41) is 10.2. The van der Waals surface area contributed by atoms with Crippen LogP contribution in [0.15, 0.2) is 24.4 Å². The number of pyridine rings is 1. The number of fused-ring (bicyclic) bond motifs is 1. The Labute approximate surface area is 176 Å². The number of hydrogen-bond donors (Lipinski definition) is 2. The Morgan fingerprint density at radius 2 is 1.97 bits per heavy atom. The molecule has 0 bridgehead atoms. The lowest BCUT2D eigenvalue weighted by Gasteiger charge is -2.45. The van der Waals surface area contributed by atoms with Gasteiger partial charge in [0.2, 0.25) is 0 Å². The molecular weight excluding hydrogens is 382 g/mol. The zero-order chi connectivity index (χ0) is 21.6. The van der Waals surface area contributed by atoms with Gasteiger partial charge in [-0.2, -0.15) is 5.10 Å². The van der Waals surface area contributed by atoms with E-state index in [1.54, 1.807) is 24.4 Å². The summed E-state index contributed by atoms with van der Waals surface area (Å²) in [5.41, 5.74) is 1.45. The average Bonchev–Trinajstić information content (AvgIpc) is 3.23. The Hall–Kier alpha value is -2.94. The normalized spacial score (nSPS) is 23.4. The number of aromatic amines is 1. The highest BCUT2D eigenvalue weighted by molar-refractivity contribution is 6.02. The van der Waals surface area contributed by atoms with E-state index in [0.29, 0.717) is 30.6 Å². The molecule has 4 heterocycles. The van der Waals surface area contributed by atoms with Crippen molar-refractivity contribution >= 4 is 17.8 Å². The summed E-state index contributed by atoms with van der Waals surface area (Å²) >= 11 is 0. The number of carbonyl (C=O) groups excluding carboxylic acids is 2. The molecule has 2 N–H and O–H groups in total. The summed E-state index contributed by atoms with van der Waals surface area (Å²) in [4.78, 5) is 36.2. The van der Waals surface area contributed by atoms with Crippen LogP contribution in [0.5, 0.6) is 0 Å². The number of urea groups is 1. The molecule has 2 aliphatic rings.